The maximum atomic E-state index is 12.6. The number of nitrogens with zero attached hydrogens (tertiary/aromatic N) is 1. The molecule has 0 aliphatic heterocycles. The van der Waals surface area contributed by atoms with E-state index in [9.17, 15) is 13.6 Å². The van der Waals surface area contributed by atoms with E-state index in [0.29, 0.717) is 0 Å². The molecule has 0 aliphatic rings. The zero-order chi connectivity index (χ0) is 12.3. The Kier molecular flexibility index (Phi) is 3.56. The molecule has 0 bridgehead atoms. The van der Waals surface area contributed by atoms with Crippen molar-refractivity contribution in [3.63, 3.8) is 0 Å². The first-order chi connectivity index (χ1) is 7.51. The van der Waals surface area contributed by atoms with Crippen molar-refractivity contribution in [1.29, 1.82) is 5.26 Å². The molecule has 16 heavy (non-hydrogen) atoms. The van der Waals surface area contributed by atoms with Crippen molar-refractivity contribution >= 4 is 5.97 Å². The first kappa shape index (κ1) is 12.1. The van der Waals surface area contributed by atoms with Crippen molar-refractivity contribution in [1.82, 2.24) is 0 Å². The number of nitriles is 1. The van der Waals surface area contributed by atoms with Crippen LogP contribution in [0.3, 0.4) is 0 Å². The lowest BCUT2D eigenvalue weighted by Gasteiger charge is -2.08. The van der Waals surface area contributed by atoms with Crippen LogP contribution in [0.25, 0.3) is 0 Å². The Labute approximate surface area is 91.3 Å². The Hall–Kier alpha value is -1.96. The van der Waals surface area contributed by atoms with Gasteiger partial charge in [-0.2, -0.15) is 5.26 Å². The molecule has 1 aromatic carbocycles. The van der Waals surface area contributed by atoms with Crippen molar-refractivity contribution < 1.29 is 18.3 Å². The lowest BCUT2D eigenvalue weighted by molar-refractivity contribution is 0.0600. The van der Waals surface area contributed by atoms with Crippen LogP contribution in [-0.4, -0.2) is 13.1 Å². The first-order valence-electron chi connectivity index (χ1n) is 4.42. The summed E-state index contributed by atoms with van der Waals surface area (Å²) in [6, 6.07) is 4.06. The van der Waals surface area contributed by atoms with E-state index in [1.54, 1.807) is 6.07 Å². The fourth-order valence-electron chi connectivity index (χ4n) is 1.32. The third-order valence-corrected chi connectivity index (χ3v) is 2.22. The van der Waals surface area contributed by atoms with Gasteiger partial charge in [0, 0.05) is 5.56 Å². The van der Waals surface area contributed by atoms with E-state index >= 15 is 0 Å². The van der Waals surface area contributed by atoms with Crippen molar-refractivity contribution in [2.75, 3.05) is 7.11 Å². The van der Waals surface area contributed by atoms with Gasteiger partial charge in [-0.3, -0.25) is 0 Å². The molecule has 0 saturated heterocycles. The molecule has 0 spiro atoms. The van der Waals surface area contributed by atoms with Gasteiger partial charge in [0.1, 0.15) is 0 Å². The van der Waals surface area contributed by atoms with Crippen LogP contribution < -0.4 is 0 Å². The number of carbonyl (C=O) groups is 1. The number of halogens is 2. The maximum Gasteiger partial charge on any atom is 0.337 e. The van der Waals surface area contributed by atoms with Gasteiger partial charge < -0.3 is 4.74 Å². The lowest BCUT2D eigenvalue weighted by Crippen LogP contribution is -2.05. The molecule has 1 aromatic rings. The summed E-state index contributed by atoms with van der Waals surface area (Å²) in [5.74, 6) is -0.738. The summed E-state index contributed by atoms with van der Waals surface area (Å²) in [5.41, 5.74) is -0.122. The van der Waals surface area contributed by atoms with Gasteiger partial charge in [0.15, 0.2) is 0 Å². The zero-order valence-electron chi connectivity index (χ0n) is 8.75. The van der Waals surface area contributed by atoms with E-state index in [1.165, 1.54) is 13.0 Å². The smallest absolute Gasteiger partial charge is 0.337 e. The topological polar surface area (TPSA) is 50.1 Å². The van der Waals surface area contributed by atoms with Gasteiger partial charge in [-0.05, 0) is 24.6 Å². The van der Waals surface area contributed by atoms with E-state index in [2.05, 4.69) is 4.74 Å². The van der Waals surface area contributed by atoms with Crippen LogP contribution in [0.1, 0.15) is 33.5 Å². The Balaban J connectivity index is 3.41. The molecular formula is C11H9F2NO2. The average Bonchev–Trinajstić information content (AvgIpc) is 2.27. The molecule has 0 heterocycles. The van der Waals surface area contributed by atoms with E-state index in [4.69, 9.17) is 5.26 Å². The van der Waals surface area contributed by atoms with Crippen molar-refractivity contribution in [2.45, 2.75) is 13.3 Å². The second-order valence-corrected chi connectivity index (χ2v) is 3.14. The van der Waals surface area contributed by atoms with Crippen molar-refractivity contribution in [3.05, 3.63) is 34.4 Å². The van der Waals surface area contributed by atoms with E-state index in [-0.39, 0.29) is 22.3 Å². The minimum absolute atomic E-state index is 0.0417. The summed E-state index contributed by atoms with van der Waals surface area (Å²) in [4.78, 5) is 11.2. The van der Waals surface area contributed by atoms with Gasteiger partial charge in [0.2, 0.25) is 0 Å². The number of esters is 1. The molecule has 0 unspecified atom stereocenters. The van der Waals surface area contributed by atoms with Crippen LogP contribution in [0.5, 0.6) is 0 Å². The van der Waals surface area contributed by atoms with Crippen molar-refractivity contribution in [3.8, 4) is 6.07 Å². The number of alkyl halides is 2. The minimum Gasteiger partial charge on any atom is -0.465 e. The number of ether oxygens (including phenoxy) is 1. The molecule has 0 atom stereocenters. The van der Waals surface area contributed by atoms with E-state index in [1.807, 2.05) is 0 Å². The monoisotopic (exact) mass is 225 g/mol. The molecule has 0 radical (unpaired) electrons. The average molecular weight is 225 g/mol. The molecule has 0 aliphatic carbocycles. The summed E-state index contributed by atoms with van der Waals surface area (Å²) < 4.78 is 29.7. The van der Waals surface area contributed by atoms with Gasteiger partial charge in [0.25, 0.3) is 6.43 Å². The summed E-state index contributed by atoms with van der Waals surface area (Å²) in [6.45, 7) is 1.42. The fourth-order valence-corrected chi connectivity index (χ4v) is 1.32. The van der Waals surface area contributed by atoms with Crippen LogP contribution in [0, 0.1) is 18.3 Å². The quantitative estimate of drug-likeness (QED) is 0.727. The molecule has 3 nitrogen and oxygen atoms in total. The van der Waals surface area contributed by atoms with Crippen molar-refractivity contribution in [2.24, 2.45) is 0 Å². The Morgan fingerprint density at radius 1 is 1.50 bits per heavy atom. The minimum atomic E-state index is -2.73. The molecule has 0 N–H and O–H groups in total. The highest BCUT2D eigenvalue weighted by molar-refractivity contribution is 5.90. The van der Waals surface area contributed by atoms with Gasteiger partial charge in [0.05, 0.1) is 24.3 Å². The van der Waals surface area contributed by atoms with Gasteiger partial charge in [-0.15, -0.1) is 0 Å². The van der Waals surface area contributed by atoms with Gasteiger partial charge in [-0.1, -0.05) is 0 Å². The Morgan fingerprint density at radius 2 is 2.12 bits per heavy atom. The number of benzene rings is 1. The Morgan fingerprint density at radius 3 is 2.56 bits per heavy atom. The highest BCUT2D eigenvalue weighted by Crippen LogP contribution is 2.26. The molecule has 1 rings (SSSR count). The Bertz CT molecular complexity index is 464. The van der Waals surface area contributed by atoms with Crippen LogP contribution in [0.15, 0.2) is 12.1 Å². The number of methoxy groups -OCH3 is 1. The molecule has 84 valence electrons. The fraction of sp³-hybridized carbons (Fsp3) is 0.273. The third-order valence-electron chi connectivity index (χ3n) is 2.22. The first-order valence-corrected chi connectivity index (χ1v) is 4.42. The lowest BCUT2D eigenvalue weighted by atomic mass is 9.99. The van der Waals surface area contributed by atoms with E-state index in [0.717, 1.165) is 13.2 Å². The number of rotatable bonds is 2. The zero-order valence-corrected chi connectivity index (χ0v) is 8.75. The summed E-state index contributed by atoms with van der Waals surface area (Å²) in [5, 5.41) is 8.76. The second kappa shape index (κ2) is 4.71. The van der Waals surface area contributed by atoms with Crippen LogP contribution in [0.2, 0.25) is 0 Å². The SMILES string of the molecule is COC(=O)c1cc(C#N)c(C)c(C(F)F)c1. The van der Waals surface area contributed by atoms with E-state index < -0.39 is 12.4 Å². The molecule has 0 aromatic heterocycles. The van der Waals surface area contributed by atoms with Crippen LogP contribution >= 0.6 is 0 Å². The van der Waals surface area contributed by atoms with Gasteiger partial charge >= 0.3 is 5.97 Å². The van der Waals surface area contributed by atoms with Crippen LogP contribution in [0.4, 0.5) is 8.78 Å². The molecule has 0 saturated carbocycles. The second-order valence-electron chi connectivity index (χ2n) is 3.14. The summed E-state index contributed by atoms with van der Waals surface area (Å²) in [7, 11) is 1.15. The number of carbonyl (C=O) groups excluding carboxylic acids is 1. The highest BCUT2D eigenvalue weighted by atomic mass is 19.3. The molecular weight excluding hydrogens is 216 g/mol. The molecule has 0 amide bonds. The van der Waals surface area contributed by atoms with Crippen LogP contribution in [-0.2, 0) is 4.74 Å². The molecule has 5 heteroatoms. The predicted molar refractivity (Wildman–Crippen MR) is 52.2 cm³/mol. The third kappa shape index (κ3) is 2.16. The summed E-state index contributed by atoms with van der Waals surface area (Å²) >= 11 is 0. The number of hydrogen-bond acceptors (Lipinski definition) is 3. The largest absolute Gasteiger partial charge is 0.465 e. The van der Waals surface area contributed by atoms with Gasteiger partial charge in [-0.25, -0.2) is 13.6 Å². The molecule has 0 fully saturated rings. The highest BCUT2D eigenvalue weighted by Gasteiger charge is 2.18. The standard InChI is InChI=1S/C11H9F2NO2/c1-6-8(5-14)3-7(11(15)16-2)4-9(6)10(12)13/h3-4,10H,1-2H3. The normalized spacial score (nSPS) is 10.0. The maximum absolute atomic E-state index is 12.6. The summed E-state index contributed by atoms with van der Waals surface area (Å²) in [6.07, 6.45) is -2.73. The number of hydrogen-bond donors (Lipinski definition) is 0. The predicted octanol–water partition coefficient (Wildman–Crippen LogP) is 2.59.